The molecule has 1 saturated heterocycles. The molecule has 0 bridgehead atoms. The summed E-state index contributed by atoms with van der Waals surface area (Å²) in [4.78, 5) is 0. The van der Waals surface area contributed by atoms with Crippen molar-refractivity contribution in [2.75, 3.05) is 12.4 Å². The number of aromatic nitrogens is 1. The lowest BCUT2D eigenvalue weighted by Gasteiger charge is -2.06. The quantitative estimate of drug-likeness (QED) is 0.832. The zero-order valence-electron chi connectivity index (χ0n) is 10.5. The van der Waals surface area contributed by atoms with Gasteiger partial charge in [-0.3, -0.25) is 0 Å². The molecule has 0 saturated carbocycles. The summed E-state index contributed by atoms with van der Waals surface area (Å²) in [6.45, 7) is 3.04. The van der Waals surface area contributed by atoms with Crippen molar-refractivity contribution in [3.63, 3.8) is 0 Å². The number of hydrogen-bond donors (Lipinski definition) is 0. The Balaban J connectivity index is 1.82. The van der Waals surface area contributed by atoms with Gasteiger partial charge < -0.3 is 9.30 Å². The minimum atomic E-state index is 0.223. The summed E-state index contributed by atoms with van der Waals surface area (Å²) in [6, 6.07) is 10.9. The molecule has 3 rings (SSSR count). The van der Waals surface area contributed by atoms with Gasteiger partial charge in [0, 0.05) is 29.4 Å². The fourth-order valence-electron chi connectivity index (χ4n) is 2.17. The van der Waals surface area contributed by atoms with Crippen LogP contribution in [0.3, 0.4) is 0 Å². The van der Waals surface area contributed by atoms with Crippen LogP contribution in [0.1, 0.15) is 23.5 Å². The Kier molecular flexibility index (Phi) is 3.43. The first-order chi connectivity index (χ1) is 8.86. The van der Waals surface area contributed by atoms with Crippen LogP contribution in [0, 0.1) is 0 Å². The molecule has 1 fully saturated rings. The van der Waals surface area contributed by atoms with Crippen LogP contribution in [0.4, 0.5) is 0 Å². The van der Waals surface area contributed by atoms with Gasteiger partial charge in [0.2, 0.25) is 0 Å². The van der Waals surface area contributed by atoms with Gasteiger partial charge in [0.1, 0.15) is 5.44 Å². The molecule has 1 atom stereocenters. The van der Waals surface area contributed by atoms with E-state index in [9.17, 15) is 0 Å². The molecule has 2 nitrogen and oxygen atoms in total. The van der Waals surface area contributed by atoms with Gasteiger partial charge in [-0.05, 0) is 30.2 Å². The molecule has 18 heavy (non-hydrogen) atoms. The Morgan fingerprint density at radius 1 is 1.28 bits per heavy atom. The molecule has 2 aromatic rings. The fraction of sp³-hybridized carbons (Fsp3) is 0.333. The summed E-state index contributed by atoms with van der Waals surface area (Å²) in [5.74, 6) is 1.10. The van der Waals surface area contributed by atoms with Crippen molar-refractivity contribution in [3.05, 3.63) is 53.9 Å². The van der Waals surface area contributed by atoms with Crippen molar-refractivity contribution < 1.29 is 4.74 Å². The summed E-state index contributed by atoms with van der Waals surface area (Å²) in [6.07, 6.45) is 5.37. The minimum Gasteiger partial charge on any atom is -0.362 e. The van der Waals surface area contributed by atoms with E-state index >= 15 is 0 Å². The summed E-state index contributed by atoms with van der Waals surface area (Å²) in [7, 11) is 0. The molecular weight excluding hydrogens is 242 g/mol. The lowest BCUT2D eigenvalue weighted by molar-refractivity contribution is 0.145. The smallest absolute Gasteiger partial charge is 0.130 e. The molecule has 2 heterocycles. The van der Waals surface area contributed by atoms with Crippen LogP contribution in [0.5, 0.6) is 0 Å². The molecule has 0 radical (unpaired) electrons. The van der Waals surface area contributed by atoms with E-state index in [0.717, 1.165) is 18.8 Å². The van der Waals surface area contributed by atoms with Crippen LogP contribution < -0.4 is 0 Å². The number of thioether (sulfide) groups is 1. The first-order valence-corrected chi connectivity index (χ1v) is 7.42. The third kappa shape index (κ3) is 2.33. The summed E-state index contributed by atoms with van der Waals surface area (Å²) in [5.41, 5.74) is 4.07. The van der Waals surface area contributed by atoms with Crippen LogP contribution in [0.25, 0.3) is 5.69 Å². The molecule has 1 aliphatic rings. The lowest BCUT2D eigenvalue weighted by atomic mass is 10.1. The van der Waals surface area contributed by atoms with E-state index in [0.29, 0.717) is 0 Å². The fourth-order valence-corrected chi connectivity index (χ4v) is 3.10. The predicted molar refractivity (Wildman–Crippen MR) is 76.3 cm³/mol. The first kappa shape index (κ1) is 11.9. The Morgan fingerprint density at radius 3 is 2.78 bits per heavy atom. The monoisotopic (exact) mass is 259 g/mol. The minimum absolute atomic E-state index is 0.223. The van der Waals surface area contributed by atoms with Crippen molar-refractivity contribution in [2.24, 2.45) is 0 Å². The molecule has 1 aliphatic heterocycles. The number of aryl methyl sites for hydroxylation is 1. The molecule has 1 aromatic carbocycles. The third-order valence-electron chi connectivity index (χ3n) is 3.25. The normalized spacial score (nSPS) is 19.3. The molecule has 0 spiro atoms. The zero-order valence-corrected chi connectivity index (χ0v) is 11.3. The SMILES string of the molecule is CCc1ccc(-n2ccc(C3OCCS3)c2)cc1. The molecule has 1 aromatic heterocycles. The van der Waals surface area contributed by atoms with Gasteiger partial charge in [-0.25, -0.2) is 0 Å². The second kappa shape index (κ2) is 5.21. The van der Waals surface area contributed by atoms with Crippen LogP contribution in [0.15, 0.2) is 42.7 Å². The molecule has 0 aliphatic carbocycles. The number of benzene rings is 1. The standard InChI is InChI=1S/C15H17NOS/c1-2-12-3-5-14(6-4-12)16-8-7-13(11-16)15-17-9-10-18-15/h3-8,11,15H,2,9-10H2,1H3. The Morgan fingerprint density at radius 2 is 2.11 bits per heavy atom. The molecular formula is C15H17NOS. The molecule has 3 heteroatoms. The van der Waals surface area contributed by atoms with Gasteiger partial charge in [-0.15, -0.1) is 11.8 Å². The van der Waals surface area contributed by atoms with E-state index in [1.807, 2.05) is 11.8 Å². The topological polar surface area (TPSA) is 14.2 Å². The van der Waals surface area contributed by atoms with Crippen molar-refractivity contribution >= 4 is 11.8 Å². The maximum Gasteiger partial charge on any atom is 0.130 e. The second-order valence-electron chi connectivity index (χ2n) is 4.45. The van der Waals surface area contributed by atoms with E-state index in [-0.39, 0.29) is 5.44 Å². The van der Waals surface area contributed by atoms with E-state index in [4.69, 9.17) is 4.74 Å². The molecule has 0 N–H and O–H groups in total. The Bertz CT molecular complexity index is 512. The second-order valence-corrected chi connectivity index (χ2v) is 5.62. The Hall–Kier alpha value is -1.19. The largest absolute Gasteiger partial charge is 0.362 e. The molecule has 1 unspecified atom stereocenters. The van der Waals surface area contributed by atoms with Gasteiger partial charge in [0.25, 0.3) is 0 Å². The maximum atomic E-state index is 5.67. The van der Waals surface area contributed by atoms with E-state index in [1.54, 1.807) is 0 Å². The van der Waals surface area contributed by atoms with E-state index < -0.39 is 0 Å². The van der Waals surface area contributed by atoms with Crippen molar-refractivity contribution in [1.82, 2.24) is 4.57 Å². The van der Waals surface area contributed by atoms with Crippen molar-refractivity contribution in [1.29, 1.82) is 0 Å². The van der Waals surface area contributed by atoms with Gasteiger partial charge >= 0.3 is 0 Å². The highest BCUT2D eigenvalue weighted by molar-refractivity contribution is 7.99. The van der Waals surface area contributed by atoms with E-state index in [2.05, 4.69) is 54.2 Å². The predicted octanol–water partition coefficient (Wildman–Crippen LogP) is 3.80. The third-order valence-corrected chi connectivity index (χ3v) is 4.37. The van der Waals surface area contributed by atoms with Gasteiger partial charge in [-0.2, -0.15) is 0 Å². The van der Waals surface area contributed by atoms with Crippen LogP contribution in [0.2, 0.25) is 0 Å². The van der Waals surface area contributed by atoms with E-state index in [1.165, 1.54) is 16.8 Å². The first-order valence-electron chi connectivity index (χ1n) is 6.37. The number of hydrogen-bond acceptors (Lipinski definition) is 2. The summed E-state index contributed by atoms with van der Waals surface area (Å²) >= 11 is 1.87. The van der Waals surface area contributed by atoms with Crippen molar-refractivity contribution in [2.45, 2.75) is 18.8 Å². The number of nitrogens with zero attached hydrogens (tertiary/aromatic N) is 1. The highest BCUT2D eigenvalue weighted by Crippen LogP contribution is 2.35. The Labute approximate surface area is 112 Å². The maximum absolute atomic E-state index is 5.67. The number of rotatable bonds is 3. The average Bonchev–Trinajstić information content (AvgIpc) is 3.09. The highest BCUT2D eigenvalue weighted by Gasteiger charge is 2.19. The molecule has 94 valence electrons. The molecule has 0 amide bonds. The lowest BCUT2D eigenvalue weighted by Crippen LogP contribution is -1.93. The van der Waals surface area contributed by atoms with Gasteiger partial charge in [0.15, 0.2) is 0 Å². The summed E-state index contributed by atoms with van der Waals surface area (Å²) in [5, 5.41) is 0. The van der Waals surface area contributed by atoms with Gasteiger partial charge in [0.05, 0.1) is 6.61 Å². The average molecular weight is 259 g/mol. The van der Waals surface area contributed by atoms with Crippen LogP contribution in [-0.4, -0.2) is 16.9 Å². The summed E-state index contributed by atoms with van der Waals surface area (Å²) < 4.78 is 7.84. The van der Waals surface area contributed by atoms with Crippen LogP contribution >= 0.6 is 11.8 Å². The van der Waals surface area contributed by atoms with Gasteiger partial charge in [-0.1, -0.05) is 19.1 Å². The van der Waals surface area contributed by atoms with Crippen LogP contribution in [-0.2, 0) is 11.2 Å². The van der Waals surface area contributed by atoms with Crippen molar-refractivity contribution in [3.8, 4) is 5.69 Å². The highest BCUT2D eigenvalue weighted by atomic mass is 32.2. The zero-order chi connectivity index (χ0) is 12.4. The number of ether oxygens (including phenoxy) is 1.